The molecule has 1 aromatic carbocycles. The molecule has 2 nitrogen and oxygen atoms in total. The summed E-state index contributed by atoms with van der Waals surface area (Å²) in [5, 5.41) is 0. The zero-order valence-corrected chi connectivity index (χ0v) is 10.1. The van der Waals surface area contributed by atoms with E-state index in [2.05, 4.69) is 0 Å². The van der Waals surface area contributed by atoms with Gasteiger partial charge in [-0.1, -0.05) is 12.5 Å². The smallest absolute Gasteiger partial charge is 0.126 e. The normalized spacial score (nSPS) is 17.2. The lowest BCUT2D eigenvalue weighted by molar-refractivity contribution is 0.259. The average Bonchev–Trinajstić information content (AvgIpc) is 2.14. The number of nitrogens with two attached hydrogens (primary N) is 1. The van der Waals surface area contributed by atoms with Gasteiger partial charge in [0.05, 0.1) is 7.11 Å². The first-order chi connectivity index (χ1) is 7.22. The van der Waals surface area contributed by atoms with E-state index in [1.165, 1.54) is 31.4 Å². The predicted octanol–water partition coefficient (Wildman–Crippen LogP) is 3.06. The molecule has 2 rings (SSSR count). The van der Waals surface area contributed by atoms with E-state index in [4.69, 9.17) is 10.5 Å². The number of ether oxygens (including phenoxy) is 1. The van der Waals surface area contributed by atoms with Crippen molar-refractivity contribution in [2.75, 3.05) is 7.11 Å². The summed E-state index contributed by atoms with van der Waals surface area (Å²) in [6.45, 7) is 0. The van der Waals surface area contributed by atoms with Crippen molar-refractivity contribution in [1.82, 2.24) is 0 Å². The molecule has 0 heterocycles. The Bertz CT molecular complexity index is 355. The number of benzene rings is 1. The van der Waals surface area contributed by atoms with Crippen LogP contribution in [-0.4, -0.2) is 7.11 Å². The molecular formula is C12H17ClFNO. The number of hydrogen-bond donors (Lipinski definition) is 1. The van der Waals surface area contributed by atoms with Crippen LogP contribution in [0.25, 0.3) is 0 Å². The second-order valence-electron chi connectivity index (χ2n) is 4.10. The maximum Gasteiger partial charge on any atom is 0.126 e. The van der Waals surface area contributed by atoms with Crippen LogP contribution in [0.2, 0.25) is 0 Å². The van der Waals surface area contributed by atoms with Crippen LogP contribution in [0.4, 0.5) is 4.39 Å². The quantitative estimate of drug-likeness (QED) is 0.888. The summed E-state index contributed by atoms with van der Waals surface area (Å²) in [7, 11) is 1.55. The molecule has 1 atom stereocenters. The molecule has 16 heavy (non-hydrogen) atoms. The molecule has 90 valence electrons. The van der Waals surface area contributed by atoms with Crippen LogP contribution in [-0.2, 0) is 0 Å². The fourth-order valence-electron chi connectivity index (χ4n) is 2.01. The van der Waals surface area contributed by atoms with Gasteiger partial charge >= 0.3 is 0 Å². The minimum absolute atomic E-state index is 0. The Balaban J connectivity index is 0.00000128. The van der Waals surface area contributed by atoms with E-state index < -0.39 is 0 Å². The summed E-state index contributed by atoms with van der Waals surface area (Å²) in [5.41, 5.74) is 7.04. The average molecular weight is 246 g/mol. The molecule has 1 aliphatic carbocycles. The zero-order chi connectivity index (χ0) is 10.8. The SMILES string of the molecule is COc1cc(F)ccc1[C@H](N)C1CCC1.Cl. The second kappa shape index (κ2) is 5.51. The molecule has 1 fully saturated rings. The van der Waals surface area contributed by atoms with Crippen molar-refractivity contribution in [2.24, 2.45) is 11.7 Å². The second-order valence-corrected chi connectivity index (χ2v) is 4.10. The number of halogens is 2. The summed E-state index contributed by atoms with van der Waals surface area (Å²) >= 11 is 0. The third kappa shape index (κ3) is 2.47. The molecule has 0 spiro atoms. The minimum atomic E-state index is -0.281. The van der Waals surface area contributed by atoms with Crippen molar-refractivity contribution in [3.05, 3.63) is 29.6 Å². The standard InChI is InChI=1S/C12H16FNO.ClH/c1-15-11-7-9(13)5-6-10(11)12(14)8-3-2-4-8;/h5-8,12H,2-4,14H2,1H3;1H/t12-;/m1./s1. The lowest BCUT2D eigenvalue weighted by Gasteiger charge is -2.32. The molecule has 1 aliphatic rings. The van der Waals surface area contributed by atoms with E-state index in [-0.39, 0.29) is 24.3 Å². The highest BCUT2D eigenvalue weighted by Gasteiger charge is 2.27. The van der Waals surface area contributed by atoms with Crippen LogP contribution < -0.4 is 10.5 Å². The third-order valence-corrected chi connectivity index (χ3v) is 3.21. The summed E-state index contributed by atoms with van der Waals surface area (Å²) < 4.78 is 18.1. The summed E-state index contributed by atoms with van der Waals surface area (Å²) in [6.07, 6.45) is 3.59. The fourth-order valence-corrected chi connectivity index (χ4v) is 2.01. The van der Waals surface area contributed by atoms with Gasteiger partial charge in [-0.05, 0) is 24.8 Å². The Morgan fingerprint density at radius 1 is 1.44 bits per heavy atom. The lowest BCUT2D eigenvalue weighted by Crippen LogP contribution is -2.27. The number of methoxy groups -OCH3 is 1. The van der Waals surface area contributed by atoms with E-state index in [9.17, 15) is 4.39 Å². The summed E-state index contributed by atoms with van der Waals surface area (Å²) in [6, 6.07) is 4.55. The largest absolute Gasteiger partial charge is 0.496 e. The summed E-state index contributed by atoms with van der Waals surface area (Å²) in [4.78, 5) is 0. The van der Waals surface area contributed by atoms with Crippen molar-refractivity contribution in [3.63, 3.8) is 0 Å². The van der Waals surface area contributed by atoms with E-state index in [1.54, 1.807) is 13.2 Å². The van der Waals surface area contributed by atoms with E-state index >= 15 is 0 Å². The molecule has 0 unspecified atom stereocenters. The van der Waals surface area contributed by atoms with Crippen LogP contribution in [0, 0.1) is 11.7 Å². The first kappa shape index (κ1) is 13.3. The van der Waals surface area contributed by atoms with Crippen molar-refractivity contribution >= 4 is 12.4 Å². The monoisotopic (exact) mass is 245 g/mol. The van der Waals surface area contributed by atoms with Crippen molar-refractivity contribution < 1.29 is 9.13 Å². The van der Waals surface area contributed by atoms with Crippen LogP contribution in [0.3, 0.4) is 0 Å². The van der Waals surface area contributed by atoms with Crippen molar-refractivity contribution in [2.45, 2.75) is 25.3 Å². The molecule has 0 aromatic heterocycles. The molecular weight excluding hydrogens is 229 g/mol. The van der Waals surface area contributed by atoms with Crippen LogP contribution in [0.1, 0.15) is 30.9 Å². The van der Waals surface area contributed by atoms with E-state index in [0.29, 0.717) is 11.7 Å². The molecule has 1 aromatic rings. The number of hydrogen-bond acceptors (Lipinski definition) is 2. The van der Waals surface area contributed by atoms with Gasteiger partial charge in [-0.2, -0.15) is 0 Å². The molecule has 0 amide bonds. The Morgan fingerprint density at radius 2 is 2.12 bits per heavy atom. The highest BCUT2D eigenvalue weighted by molar-refractivity contribution is 5.85. The molecule has 2 N–H and O–H groups in total. The summed E-state index contributed by atoms with van der Waals surface area (Å²) in [5.74, 6) is 0.815. The molecule has 1 saturated carbocycles. The maximum absolute atomic E-state index is 13.0. The topological polar surface area (TPSA) is 35.2 Å². The van der Waals surface area contributed by atoms with E-state index in [0.717, 1.165) is 5.56 Å². The maximum atomic E-state index is 13.0. The van der Waals surface area contributed by atoms with Crippen molar-refractivity contribution in [3.8, 4) is 5.75 Å². The Kier molecular flexibility index (Phi) is 4.56. The minimum Gasteiger partial charge on any atom is -0.496 e. The van der Waals surface area contributed by atoms with Gasteiger partial charge in [-0.15, -0.1) is 12.4 Å². The van der Waals surface area contributed by atoms with Gasteiger partial charge < -0.3 is 10.5 Å². The van der Waals surface area contributed by atoms with Gasteiger partial charge in [0.2, 0.25) is 0 Å². The van der Waals surface area contributed by atoms with Crippen LogP contribution in [0.5, 0.6) is 5.75 Å². The van der Waals surface area contributed by atoms with Crippen LogP contribution in [0.15, 0.2) is 18.2 Å². The first-order valence-corrected chi connectivity index (χ1v) is 5.31. The van der Waals surface area contributed by atoms with Crippen LogP contribution >= 0.6 is 12.4 Å². The molecule has 4 heteroatoms. The molecule has 0 saturated heterocycles. The van der Waals surface area contributed by atoms with Gasteiger partial charge in [0.1, 0.15) is 11.6 Å². The van der Waals surface area contributed by atoms with E-state index in [1.807, 2.05) is 0 Å². The van der Waals surface area contributed by atoms with Crippen molar-refractivity contribution in [1.29, 1.82) is 0 Å². The zero-order valence-electron chi connectivity index (χ0n) is 9.28. The highest BCUT2D eigenvalue weighted by atomic mass is 35.5. The van der Waals surface area contributed by atoms with Gasteiger partial charge in [-0.25, -0.2) is 4.39 Å². The Labute approximate surface area is 101 Å². The molecule has 0 aliphatic heterocycles. The Morgan fingerprint density at radius 3 is 2.62 bits per heavy atom. The van der Waals surface area contributed by atoms with Gasteiger partial charge in [0, 0.05) is 17.7 Å². The Hall–Kier alpha value is -0.800. The predicted molar refractivity (Wildman–Crippen MR) is 64.5 cm³/mol. The lowest BCUT2D eigenvalue weighted by atomic mass is 9.77. The van der Waals surface area contributed by atoms with Gasteiger partial charge in [-0.3, -0.25) is 0 Å². The first-order valence-electron chi connectivity index (χ1n) is 5.31. The van der Waals surface area contributed by atoms with Gasteiger partial charge in [0.15, 0.2) is 0 Å². The third-order valence-electron chi connectivity index (χ3n) is 3.21. The fraction of sp³-hybridized carbons (Fsp3) is 0.500. The van der Waals surface area contributed by atoms with Gasteiger partial charge in [0.25, 0.3) is 0 Å². The molecule has 0 bridgehead atoms. The molecule has 0 radical (unpaired) electrons. The highest BCUT2D eigenvalue weighted by Crippen LogP contribution is 2.39. The number of rotatable bonds is 3.